The Labute approximate surface area is 158 Å². The van der Waals surface area contributed by atoms with E-state index in [2.05, 4.69) is 45.3 Å². The van der Waals surface area contributed by atoms with E-state index in [1.54, 1.807) is 7.11 Å². The van der Waals surface area contributed by atoms with Crippen LogP contribution in [0.2, 0.25) is 0 Å². The molecule has 0 bridgehead atoms. The third kappa shape index (κ3) is 6.18. The Morgan fingerprint density at radius 1 is 1.19 bits per heavy atom. The van der Waals surface area contributed by atoms with Gasteiger partial charge in [0.15, 0.2) is 5.96 Å². The smallest absolute Gasteiger partial charge is 0.191 e. The van der Waals surface area contributed by atoms with Crippen LogP contribution in [0.4, 0.5) is 0 Å². The van der Waals surface area contributed by atoms with Gasteiger partial charge in [-0.3, -0.25) is 9.89 Å². The van der Waals surface area contributed by atoms with Crippen LogP contribution < -0.4 is 15.4 Å². The lowest BCUT2D eigenvalue weighted by molar-refractivity contribution is 0.107. The molecule has 26 heavy (non-hydrogen) atoms. The van der Waals surface area contributed by atoms with Gasteiger partial charge in [-0.05, 0) is 31.5 Å². The van der Waals surface area contributed by atoms with Crippen molar-refractivity contribution in [3.63, 3.8) is 0 Å². The van der Waals surface area contributed by atoms with Gasteiger partial charge in [0.2, 0.25) is 0 Å². The monoisotopic (exact) mass is 361 g/mol. The number of nitrogens with zero attached hydrogens (tertiary/aromatic N) is 3. The van der Waals surface area contributed by atoms with E-state index in [4.69, 9.17) is 4.74 Å². The zero-order valence-electron chi connectivity index (χ0n) is 16.8. The number of aliphatic imine (C=N–C) groups is 1. The Morgan fingerprint density at radius 2 is 1.92 bits per heavy atom. The molecular formula is C20H35N5O. The average molecular weight is 362 g/mol. The van der Waals surface area contributed by atoms with Crippen LogP contribution in [0.15, 0.2) is 29.3 Å². The highest BCUT2D eigenvalue weighted by Crippen LogP contribution is 2.17. The van der Waals surface area contributed by atoms with E-state index in [1.165, 1.54) is 18.7 Å². The van der Waals surface area contributed by atoms with Gasteiger partial charge in [0.05, 0.1) is 7.11 Å². The normalized spacial score (nSPS) is 17.8. The molecule has 1 heterocycles. The van der Waals surface area contributed by atoms with Crippen molar-refractivity contribution in [1.29, 1.82) is 0 Å². The van der Waals surface area contributed by atoms with Gasteiger partial charge in [-0.15, -0.1) is 0 Å². The Balaban J connectivity index is 1.70. The summed E-state index contributed by atoms with van der Waals surface area (Å²) in [4.78, 5) is 9.41. The Hall–Kier alpha value is -1.79. The SMILES string of the molecule is CCN1CCN(C(C)CNC(=NC)NCCc2ccccc2OC)CC1. The molecule has 0 spiro atoms. The summed E-state index contributed by atoms with van der Waals surface area (Å²) in [5.41, 5.74) is 1.21. The van der Waals surface area contributed by atoms with Crippen LogP contribution in [0, 0.1) is 0 Å². The Morgan fingerprint density at radius 3 is 2.58 bits per heavy atom. The summed E-state index contributed by atoms with van der Waals surface area (Å²) < 4.78 is 5.41. The van der Waals surface area contributed by atoms with Crippen LogP contribution in [0.25, 0.3) is 0 Å². The van der Waals surface area contributed by atoms with Gasteiger partial charge in [0.25, 0.3) is 0 Å². The molecule has 0 saturated carbocycles. The van der Waals surface area contributed by atoms with E-state index in [-0.39, 0.29) is 0 Å². The molecule has 0 aliphatic carbocycles. The number of rotatable bonds is 8. The van der Waals surface area contributed by atoms with E-state index in [0.717, 1.165) is 50.9 Å². The first-order valence-corrected chi connectivity index (χ1v) is 9.70. The molecule has 1 fully saturated rings. The van der Waals surface area contributed by atoms with Gasteiger partial charge >= 0.3 is 0 Å². The Kier molecular flexibility index (Phi) is 8.71. The minimum atomic E-state index is 0.502. The minimum Gasteiger partial charge on any atom is -0.496 e. The molecule has 1 aliphatic rings. The van der Waals surface area contributed by atoms with Crippen LogP contribution >= 0.6 is 0 Å². The summed E-state index contributed by atoms with van der Waals surface area (Å²) in [6.07, 6.45) is 0.902. The molecule has 1 aliphatic heterocycles. The third-order valence-electron chi connectivity index (χ3n) is 5.15. The van der Waals surface area contributed by atoms with E-state index in [0.29, 0.717) is 6.04 Å². The highest BCUT2D eigenvalue weighted by molar-refractivity contribution is 5.79. The lowest BCUT2D eigenvalue weighted by Gasteiger charge is -2.37. The molecule has 6 heteroatoms. The lowest BCUT2D eigenvalue weighted by atomic mass is 10.1. The van der Waals surface area contributed by atoms with Crippen LogP contribution in [0.5, 0.6) is 5.75 Å². The van der Waals surface area contributed by atoms with E-state index in [1.807, 2.05) is 25.2 Å². The maximum absolute atomic E-state index is 5.41. The van der Waals surface area contributed by atoms with Gasteiger partial charge in [-0.1, -0.05) is 25.1 Å². The first-order valence-electron chi connectivity index (χ1n) is 9.70. The largest absolute Gasteiger partial charge is 0.496 e. The maximum atomic E-state index is 5.41. The number of ether oxygens (including phenoxy) is 1. The molecule has 1 atom stereocenters. The number of benzene rings is 1. The standard InChI is InChI=1S/C20H35N5O/c1-5-24-12-14-25(15-13-24)17(2)16-23-20(21-3)22-11-10-18-8-6-7-9-19(18)26-4/h6-9,17H,5,10-16H2,1-4H3,(H2,21,22,23). The van der Waals surface area contributed by atoms with Crippen LogP contribution in [0.1, 0.15) is 19.4 Å². The zero-order valence-corrected chi connectivity index (χ0v) is 16.8. The highest BCUT2D eigenvalue weighted by Gasteiger charge is 2.20. The molecule has 0 aromatic heterocycles. The molecule has 146 valence electrons. The molecular weight excluding hydrogens is 326 g/mol. The number of methoxy groups -OCH3 is 1. The summed E-state index contributed by atoms with van der Waals surface area (Å²) in [5, 5.41) is 6.86. The molecule has 0 amide bonds. The molecule has 6 nitrogen and oxygen atoms in total. The molecule has 1 saturated heterocycles. The van der Waals surface area contributed by atoms with Crippen molar-refractivity contribution in [3.05, 3.63) is 29.8 Å². The first kappa shape index (κ1) is 20.5. The number of likely N-dealkylation sites (N-methyl/N-ethyl adjacent to an activating group) is 1. The second kappa shape index (κ2) is 11.0. The van der Waals surface area contributed by atoms with Crippen molar-refractivity contribution >= 4 is 5.96 Å². The summed E-state index contributed by atoms with van der Waals surface area (Å²) in [6, 6.07) is 8.65. The summed E-state index contributed by atoms with van der Waals surface area (Å²) in [6.45, 7) is 12.1. The molecule has 1 aromatic carbocycles. The van der Waals surface area contributed by atoms with Crippen molar-refractivity contribution < 1.29 is 4.74 Å². The quantitative estimate of drug-likeness (QED) is 0.542. The maximum Gasteiger partial charge on any atom is 0.191 e. The second-order valence-corrected chi connectivity index (χ2v) is 6.76. The van der Waals surface area contributed by atoms with Gasteiger partial charge in [-0.2, -0.15) is 0 Å². The zero-order chi connectivity index (χ0) is 18.8. The van der Waals surface area contributed by atoms with Gasteiger partial charge in [0, 0.05) is 52.4 Å². The first-order chi connectivity index (χ1) is 12.7. The van der Waals surface area contributed by atoms with E-state index < -0.39 is 0 Å². The summed E-state index contributed by atoms with van der Waals surface area (Å²) >= 11 is 0. The van der Waals surface area contributed by atoms with Crippen LogP contribution in [-0.2, 0) is 6.42 Å². The fourth-order valence-electron chi connectivity index (χ4n) is 3.34. The van der Waals surface area contributed by atoms with Gasteiger partial charge < -0.3 is 20.3 Å². The van der Waals surface area contributed by atoms with E-state index >= 15 is 0 Å². The number of hydrogen-bond donors (Lipinski definition) is 2. The van der Waals surface area contributed by atoms with Gasteiger partial charge in [-0.25, -0.2) is 0 Å². The van der Waals surface area contributed by atoms with Crippen molar-refractivity contribution in [2.75, 3.05) is 60.0 Å². The predicted molar refractivity (Wildman–Crippen MR) is 109 cm³/mol. The Bertz CT molecular complexity index is 555. The number of guanidine groups is 1. The minimum absolute atomic E-state index is 0.502. The number of para-hydroxylation sites is 1. The fraction of sp³-hybridized carbons (Fsp3) is 0.650. The molecule has 1 unspecified atom stereocenters. The average Bonchev–Trinajstić information content (AvgIpc) is 2.70. The summed E-state index contributed by atoms with van der Waals surface area (Å²) in [5.74, 6) is 1.80. The number of hydrogen-bond acceptors (Lipinski definition) is 4. The topological polar surface area (TPSA) is 52.1 Å². The van der Waals surface area contributed by atoms with Crippen LogP contribution in [0.3, 0.4) is 0 Å². The second-order valence-electron chi connectivity index (χ2n) is 6.76. The molecule has 2 rings (SSSR count). The molecule has 1 aromatic rings. The van der Waals surface area contributed by atoms with Crippen molar-refractivity contribution in [1.82, 2.24) is 20.4 Å². The van der Waals surface area contributed by atoms with Crippen molar-refractivity contribution in [2.45, 2.75) is 26.3 Å². The van der Waals surface area contributed by atoms with E-state index in [9.17, 15) is 0 Å². The number of piperazine rings is 1. The summed E-state index contributed by atoms with van der Waals surface area (Å²) in [7, 11) is 3.54. The third-order valence-corrected chi connectivity index (χ3v) is 5.15. The van der Waals surface area contributed by atoms with Crippen LogP contribution in [-0.4, -0.2) is 81.8 Å². The van der Waals surface area contributed by atoms with Crippen molar-refractivity contribution in [3.8, 4) is 5.75 Å². The fourth-order valence-corrected chi connectivity index (χ4v) is 3.34. The lowest BCUT2D eigenvalue weighted by Crippen LogP contribution is -2.53. The number of nitrogens with one attached hydrogen (secondary N) is 2. The highest BCUT2D eigenvalue weighted by atomic mass is 16.5. The predicted octanol–water partition coefficient (Wildman–Crippen LogP) is 1.43. The van der Waals surface area contributed by atoms with Gasteiger partial charge in [0.1, 0.15) is 5.75 Å². The molecule has 2 N–H and O–H groups in total. The van der Waals surface area contributed by atoms with Crippen molar-refractivity contribution in [2.24, 2.45) is 4.99 Å². The molecule has 0 radical (unpaired) electrons.